The molecule has 0 bridgehead atoms. The van der Waals surface area contributed by atoms with Crippen LogP contribution < -0.4 is 10.6 Å². The molecule has 42 heavy (non-hydrogen) atoms. The minimum absolute atomic E-state index is 0.0449. The first-order valence-corrected chi connectivity index (χ1v) is 14.4. The Morgan fingerprint density at radius 1 is 1.10 bits per heavy atom. The third kappa shape index (κ3) is 5.81. The van der Waals surface area contributed by atoms with E-state index in [1.807, 2.05) is 54.1 Å². The number of halogens is 1. The number of urea groups is 1. The summed E-state index contributed by atoms with van der Waals surface area (Å²) in [6.45, 7) is 6.45. The second-order valence-electron chi connectivity index (χ2n) is 11.3. The van der Waals surface area contributed by atoms with E-state index in [1.54, 1.807) is 19.2 Å². The standard InChI is InChI=1S/C33H37FN6O2/c1-22-28(24-14-25-17-38(2)20-30(25)35-16-24)19-40(27-10-5-4-6-11-27)32(22)37-33(41)36-31-21-39(12-13-42-3)18-29(31)23-8-7-9-26(34)15-23/h4-11,14-16,19,29,31H,12-13,17-18,20-21H2,1-3H3,(H2,36,37,41)/t29-,31+/m0/s1. The van der Waals surface area contributed by atoms with E-state index < -0.39 is 0 Å². The van der Waals surface area contributed by atoms with Gasteiger partial charge in [-0.25, -0.2) is 9.18 Å². The molecule has 0 aliphatic carbocycles. The highest BCUT2D eigenvalue weighted by molar-refractivity contribution is 5.92. The first-order valence-electron chi connectivity index (χ1n) is 14.4. The molecule has 1 saturated heterocycles. The molecule has 0 radical (unpaired) electrons. The van der Waals surface area contributed by atoms with E-state index in [-0.39, 0.29) is 23.8 Å². The minimum Gasteiger partial charge on any atom is -0.383 e. The number of nitrogens with one attached hydrogen (secondary N) is 2. The molecule has 0 spiro atoms. The van der Waals surface area contributed by atoms with E-state index in [4.69, 9.17) is 9.72 Å². The Hall–Kier alpha value is -4.05. The lowest BCUT2D eigenvalue weighted by Gasteiger charge is -2.21. The van der Waals surface area contributed by atoms with Gasteiger partial charge in [-0.15, -0.1) is 0 Å². The van der Waals surface area contributed by atoms with Crippen LogP contribution in [0.1, 0.15) is 28.3 Å². The molecule has 1 fully saturated rings. The van der Waals surface area contributed by atoms with E-state index >= 15 is 0 Å². The van der Waals surface area contributed by atoms with Gasteiger partial charge in [-0.3, -0.25) is 20.1 Å². The minimum atomic E-state index is -0.298. The number of ether oxygens (including phenoxy) is 1. The largest absolute Gasteiger partial charge is 0.383 e. The van der Waals surface area contributed by atoms with E-state index in [1.165, 1.54) is 11.6 Å². The van der Waals surface area contributed by atoms with Crippen LogP contribution in [-0.2, 0) is 17.8 Å². The molecule has 8 nitrogen and oxygen atoms in total. The topological polar surface area (TPSA) is 74.7 Å². The Balaban J connectivity index is 1.28. The average molecular weight is 569 g/mol. The van der Waals surface area contributed by atoms with Gasteiger partial charge in [-0.05, 0) is 61.0 Å². The fourth-order valence-electron chi connectivity index (χ4n) is 6.23. The molecule has 4 aromatic rings. The van der Waals surface area contributed by atoms with Crippen molar-refractivity contribution in [3.05, 3.63) is 101 Å². The number of amides is 2. The molecule has 9 heteroatoms. The smallest absolute Gasteiger partial charge is 0.320 e. The first kappa shape index (κ1) is 28.1. The Bertz CT molecular complexity index is 1570. The number of methoxy groups -OCH3 is 1. The van der Waals surface area contributed by atoms with Gasteiger partial charge in [0.25, 0.3) is 0 Å². The highest BCUT2D eigenvalue weighted by Gasteiger charge is 2.35. The first-order chi connectivity index (χ1) is 20.4. The normalized spacial score (nSPS) is 18.8. The zero-order valence-electron chi connectivity index (χ0n) is 24.3. The number of anilines is 1. The summed E-state index contributed by atoms with van der Waals surface area (Å²) >= 11 is 0. The number of para-hydroxylation sites is 1. The summed E-state index contributed by atoms with van der Waals surface area (Å²) in [5.41, 5.74) is 7.16. The predicted octanol–water partition coefficient (Wildman–Crippen LogP) is 5.17. The number of carbonyl (C=O) groups is 1. The number of aromatic nitrogens is 2. The Labute approximate surface area is 246 Å². The van der Waals surface area contributed by atoms with E-state index in [0.717, 1.165) is 53.3 Å². The van der Waals surface area contributed by atoms with Crippen LogP contribution in [0, 0.1) is 12.7 Å². The molecule has 0 unspecified atom stereocenters. The lowest BCUT2D eigenvalue weighted by molar-refractivity contribution is 0.159. The molecular formula is C33H37FN6O2. The molecule has 218 valence electrons. The molecule has 2 aliphatic rings. The quantitative estimate of drug-likeness (QED) is 0.307. The molecule has 0 saturated carbocycles. The zero-order valence-corrected chi connectivity index (χ0v) is 24.3. The second-order valence-corrected chi connectivity index (χ2v) is 11.3. The van der Waals surface area contributed by atoms with Crippen molar-refractivity contribution in [3.8, 4) is 16.8 Å². The van der Waals surface area contributed by atoms with E-state index in [9.17, 15) is 9.18 Å². The molecule has 2 atom stereocenters. The summed E-state index contributed by atoms with van der Waals surface area (Å²) in [4.78, 5) is 22.9. The molecule has 2 aliphatic heterocycles. The van der Waals surface area contributed by atoms with Gasteiger partial charge < -0.3 is 14.6 Å². The third-order valence-electron chi connectivity index (χ3n) is 8.36. The van der Waals surface area contributed by atoms with Crippen molar-refractivity contribution in [3.63, 3.8) is 0 Å². The van der Waals surface area contributed by atoms with Gasteiger partial charge in [0.05, 0.1) is 18.3 Å². The van der Waals surface area contributed by atoms with Crippen LogP contribution >= 0.6 is 0 Å². The van der Waals surface area contributed by atoms with Crippen LogP contribution in [-0.4, -0.2) is 71.8 Å². The van der Waals surface area contributed by atoms with Crippen LogP contribution in [0.5, 0.6) is 0 Å². The van der Waals surface area contributed by atoms with Gasteiger partial charge in [0.15, 0.2) is 0 Å². The lowest BCUT2D eigenvalue weighted by Crippen LogP contribution is -2.42. The van der Waals surface area contributed by atoms with Gasteiger partial charge in [-0.1, -0.05) is 30.3 Å². The number of nitrogens with zero attached hydrogens (tertiary/aromatic N) is 4. The highest BCUT2D eigenvalue weighted by atomic mass is 19.1. The molecule has 6 rings (SSSR count). The molecule has 2 aromatic heterocycles. The number of carbonyl (C=O) groups excluding carboxylic acids is 1. The fraction of sp³-hybridized carbons (Fsp3) is 0.333. The van der Waals surface area contributed by atoms with Crippen LogP contribution in [0.25, 0.3) is 16.8 Å². The zero-order chi connectivity index (χ0) is 29.2. The Kier molecular flexibility index (Phi) is 8.06. The van der Waals surface area contributed by atoms with Gasteiger partial charge in [0.2, 0.25) is 0 Å². The summed E-state index contributed by atoms with van der Waals surface area (Å²) in [7, 11) is 3.78. The number of likely N-dealkylation sites (tertiary alicyclic amines) is 1. The average Bonchev–Trinajstić information content (AvgIpc) is 3.66. The van der Waals surface area contributed by atoms with Gasteiger partial charge >= 0.3 is 6.03 Å². The molecule has 2 aromatic carbocycles. The van der Waals surface area contributed by atoms with Crippen molar-refractivity contribution < 1.29 is 13.9 Å². The van der Waals surface area contributed by atoms with Crippen molar-refractivity contribution in [2.24, 2.45) is 0 Å². The maximum atomic E-state index is 14.1. The summed E-state index contributed by atoms with van der Waals surface area (Å²) < 4.78 is 21.4. The van der Waals surface area contributed by atoms with Gasteiger partial charge in [0.1, 0.15) is 11.6 Å². The second kappa shape index (κ2) is 12.1. The molecule has 2 amide bonds. The summed E-state index contributed by atoms with van der Waals surface area (Å²) in [5.74, 6) is 0.377. The number of fused-ring (bicyclic) bond motifs is 1. The van der Waals surface area contributed by atoms with Crippen LogP contribution in [0.3, 0.4) is 0 Å². The summed E-state index contributed by atoms with van der Waals surface area (Å²) in [5, 5.41) is 6.37. The van der Waals surface area contributed by atoms with Crippen molar-refractivity contribution in [1.82, 2.24) is 24.7 Å². The third-order valence-corrected chi connectivity index (χ3v) is 8.36. The monoisotopic (exact) mass is 568 g/mol. The summed E-state index contributed by atoms with van der Waals surface area (Å²) in [6, 6.07) is 18.4. The van der Waals surface area contributed by atoms with E-state index in [0.29, 0.717) is 25.5 Å². The van der Waals surface area contributed by atoms with Crippen LogP contribution in [0.15, 0.2) is 73.1 Å². The summed E-state index contributed by atoms with van der Waals surface area (Å²) in [6.07, 6.45) is 4.00. The number of pyridine rings is 1. The molecular weight excluding hydrogens is 531 g/mol. The van der Waals surface area contributed by atoms with Crippen molar-refractivity contribution in [1.29, 1.82) is 0 Å². The van der Waals surface area contributed by atoms with Crippen LogP contribution in [0.4, 0.5) is 15.0 Å². The SMILES string of the molecule is COCCN1C[C@@H](NC(=O)Nc2c(C)c(-c3cnc4c(c3)CN(C)C4)cn2-c2ccccc2)[C@H](c2cccc(F)c2)C1. The lowest BCUT2D eigenvalue weighted by atomic mass is 9.94. The van der Waals surface area contributed by atoms with Gasteiger partial charge in [0, 0.05) is 75.0 Å². The Morgan fingerprint density at radius 3 is 2.71 bits per heavy atom. The number of benzene rings is 2. The van der Waals surface area contributed by atoms with Crippen molar-refractivity contribution in [2.75, 3.05) is 45.7 Å². The number of hydrogen-bond donors (Lipinski definition) is 2. The van der Waals surface area contributed by atoms with Gasteiger partial charge in [-0.2, -0.15) is 0 Å². The maximum Gasteiger partial charge on any atom is 0.320 e. The Morgan fingerprint density at radius 2 is 1.93 bits per heavy atom. The number of hydrogen-bond acceptors (Lipinski definition) is 5. The molecule has 2 N–H and O–H groups in total. The van der Waals surface area contributed by atoms with Crippen molar-refractivity contribution in [2.45, 2.75) is 32.0 Å². The van der Waals surface area contributed by atoms with E-state index in [2.05, 4.69) is 39.7 Å². The maximum absolute atomic E-state index is 14.1. The molecule has 4 heterocycles. The number of rotatable bonds is 8. The van der Waals surface area contributed by atoms with Crippen LogP contribution in [0.2, 0.25) is 0 Å². The fourth-order valence-corrected chi connectivity index (χ4v) is 6.23. The van der Waals surface area contributed by atoms with Crippen molar-refractivity contribution >= 4 is 11.8 Å². The predicted molar refractivity (Wildman–Crippen MR) is 162 cm³/mol. The highest BCUT2D eigenvalue weighted by Crippen LogP contribution is 2.35.